The SMILES string of the molecule is COCC1CCCN(Cc2nc(NCCc3ccccc3OC)c3ccccc3n2)C1. The third-order valence-electron chi connectivity index (χ3n) is 5.90. The summed E-state index contributed by atoms with van der Waals surface area (Å²) in [6.45, 7) is 4.51. The minimum atomic E-state index is 0.595. The monoisotopic (exact) mass is 420 g/mol. The minimum absolute atomic E-state index is 0.595. The van der Waals surface area contributed by atoms with E-state index >= 15 is 0 Å². The molecule has 0 radical (unpaired) electrons. The van der Waals surface area contributed by atoms with Crippen molar-refractivity contribution in [2.24, 2.45) is 5.92 Å². The van der Waals surface area contributed by atoms with Gasteiger partial charge in [-0.25, -0.2) is 9.97 Å². The molecule has 1 aliphatic heterocycles. The molecule has 0 spiro atoms. The zero-order valence-electron chi connectivity index (χ0n) is 18.5. The Morgan fingerprint density at radius 3 is 2.77 bits per heavy atom. The van der Waals surface area contributed by atoms with Gasteiger partial charge in [-0.1, -0.05) is 30.3 Å². The van der Waals surface area contributed by atoms with Crippen LogP contribution in [0, 0.1) is 5.92 Å². The second-order valence-corrected chi connectivity index (χ2v) is 8.19. The summed E-state index contributed by atoms with van der Waals surface area (Å²) < 4.78 is 10.9. The first-order valence-corrected chi connectivity index (χ1v) is 11.1. The zero-order valence-corrected chi connectivity index (χ0v) is 18.5. The first-order chi connectivity index (χ1) is 15.3. The maximum atomic E-state index is 5.48. The Hall–Kier alpha value is -2.70. The van der Waals surface area contributed by atoms with Gasteiger partial charge in [0.15, 0.2) is 0 Å². The van der Waals surface area contributed by atoms with Crippen molar-refractivity contribution in [2.75, 3.05) is 45.8 Å². The number of piperidine rings is 1. The number of anilines is 1. The van der Waals surface area contributed by atoms with Gasteiger partial charge in [-0.05, 0) is 55.5 Å². The molecule has 1 fully saturated rings. The topological polar surface area (TPSA) is 59.5 Å². The maximum Gasteiger partial charge on any atom is 0.145 e. The Morgan fingerprint density at radius 1 is 1.06 bits per heavy atom. The maximum absolute atomic E-state index is 5.48. The summed E-state index contributed by atoms with van der Waals surface area (Å²) in [5.41, 5.74) is 2.17. The average Bonchev–Trinajstić information content (AvgIpc) is 2.80. The van der Waals surface area contributed by atoms with Crippen LogP contribution in [0.1, 0.15) is 24.2 Å². The van der Waals surface area contributed by atoms with Crippen LogP contribution in [0.5, 0.6) is 5.75 Å². The van der Waals surface area contributed by atoms with Crippen LogP contribution < -0.4 is 10.1 Å². The van der Waals surface area contributed by atoms with Gasteiger partial charge in [-0.15, -0.1) is 0 Å². The molecule has 1 N–H and O–H groups in total. The molecule has 3 aromatic rings. The Morgan fingerprint density at radius 2 is 1.90 bits per heavy atom. The van der Waals surface area contributed by atoms with E-state index in [1.54, 1.807) is 14.2 Å². The van der Waals surface area contributed by atoms with E-state index in [1.807, 2.05) is 30.3 Å². The molecule has 0 amide bonds. The number of ether oxygens (including phenoxy) is 2. The predicted octanol–water partition coefficient (Wildman–Crippen LogP) is 4.15. The van der Waals surface area contributed by atoms with Crippen molar-refractivity contribution in [3.8, 4) is 5.75 Å². The molecular formula is C25H32N4O2. The van der Waals surface area contributed by atoms with Crippen LogP contribution in [0.4, 0.5) is 5.82 Å². The highest BCUT2D eigenvalue weighted by Crippen LogP contribution is 2.23. The number of nitrogens with one attached hydrogen (secondary N) is 1. The number of aromatic nitrogens is 2. The number of likely N-dealkylation sites (tertiary alicyclic amines) is 1. The quantitative estimate of drug-likeness (QED) is 0.561. The second kappa shape index (κ2) is 10.6. The van der Waals surface area contributed by atoms with E-state index < -0.39 is 0 Å². The van der Waals surface area contributed by atoms with Gasteiger partial charge in [0.05, 0.1) is 25.8 Å². The summed E-state index contributed by atoms with van der Waals surface area (Å²) in [6.07, 6.45) is 3.30. The molecular weight excluding hydrogens is 388 g/mol. The van der Waals surface area contributed by atoms with Crippen molar-refractivity contribution in [2.45, 2.75) is 25.8 Å². The van der Waals surface area contributed by atoms with Crippen molar-refractivity contribution in [1.29, 1.82) is 0 Å². The molecule has 4 rings (SSSR count). The molecule has 2 aromatic carbocycles. The van der Waals surface area contributed by atoms with Crippen molar-refractivity contribution in [3.05, 3.63) is 59.9 Å². The Balaban J connectivity index is 1.48. The summed E-state index contributed by atoms with van der Waals surface area (Å²) in [5, 5.41) is 4.61. The van der Waals surface area contributed by atoms with E-state index in [0.29, 0.717) is 5.92 Å². The molecule has 2 heterocycles. The number of para-hydroxylation sites is 2. The van der Waals surface area contributed by atoms with Gasteiger partial charge in [0, 0.05) is 25.6 Å². The molecule has 1 unspecified atom stereocenters. The molecule has 1 aromatic heterocycles. The molecule has 0 bridgehead atoms. The number of hydrogen-bond acceptors (Lipinski definition) is 6. The molecule has 0 saturated carbocycles. The lowest BCUT2D eigenvalue weighted by Gasteiger charge is -2.31. The van der Waals surface area contributed by atoms with Crippen LogP contribution in [0.2, 0.25) is 0 Å². The fourth-order valence-electron chi connectivity index (χ4n) is 4.42. The van der Waals surface area contributed by atoms with E-state index in [9.17, 15) is 0 Å². The van der Waals surface area contributed by atoms with Crippen LogP contribution >= 0.6 is 0 Å². The van der Waals surface area contributed by atoms with Gasteiger partial charge in [0.25, 0.3) is 0 Å². The van der Waals surface area contributed by atoms with Crippen molar-refractivity contribution >= 4 is 16.7 Å². The third-order valence-corrected chi connectivity index (χ3v) is 5.90. The van der Waals surface area contributed by atoms with Gasteiger partial charge in [-0.3, -0.25) is 4.90 Å². The molecule has 6 nitrogen and oxygen atoms in total. The molecule has 0 aliphatic carbocycles. The predicted molar refractivity (Wildman–Crippen MR) is 125 cm³/mol. The first-order valence-electron chi connectivity index (χ1n) is 11.1. The average molecular weight is 421 g/mol. The number of rotatable bonds is 9. The first kappa shape index (κ1) is 21.5. The van der Waals surface area contributed by atoms with Crippen LogP contribution in [0.3, 0.4) is 0 Å². The van der Waals surface area contributed by atoms with E-state index in [2.05, 4.69) is 28.4 Å². The van der Waals surface area contributed by atoms with Gasteiger partial charge in [0.2, 0.25) is 0 Å². The number of nitrogens with zero attached hydrogens (tertiary/aromatic N) is 3. The molecule has 164 valence electrons. The normalized spacial score (nSPS) is 17.0. The highest BCUT2D eigenvalue weighted by molar-refractivity contribution is 5.88. The Labute approximate surface area is 184 Å². The lowest BCUT2D eigenvalue weighted by Crippen LogP contribution is -2.37. The van der Waals surface area contributed by atoms with Crippen LogP contribution in [0.25, 0.3) is 10.9 Å². The van der Waals surface area contributed by atoms with E-state index in [-0.39, 0.29) is 0 Å². The highest BCUT2D eigenvalue weighted by Gasteiger charge is 2.21. The summed E-state index contributed by atoms with van der Waals surface area (Å²) >= 11 is 0. The number of methoxy groups -OCH3 is 2. The fourth-order valence-corrected chi connectivity index (χ4v) is 4.42. The summed E-state index contributed by atoms with van der Waals surface area (Å²) in [6, 6.07) is 16.4. The van der Waals surface area contributed by atoms with Gasteiger partial charge in [0.1, 0.15) is 17.4 Å². The van der Waals surface area contributed by atoms with Gasteiger partial charge < -0.3 is 14.8 Å². The highest BCUT2D eigenvalue weighted by atomic mass is 16.5. The Kier molecular flexibility index (Phi) is 7.33. The van der Waals surface area contributed by atoms with Crippen LogP contribution in [-0.4, -0.2) is 55.3 Å². The smallest absolute Gasteiger partial charge is 0.145 e. The summed E-state index contributed by atoms with van der Waals surface area (Å²) in [7, 11) is 3.50. The largest absolute Gasteiger partial charge is 0.496 e. The minimum Gasteiger partial charge on any atom is -0.496 e. The van der Waals surface area contributed by atoms with Crippen molar-refractivity contribution in [1.82, 2.24) is 14.9 Å². The molecule has 1 saturated heterocycles. The van der Waals surface area contributed by atoms with E-state index in [1.165, 1.54) is 18.4 Å². The zero-order chi connectivity index (χ0) is 21.5. The third kappa shape index (κ3) is 5.51. The fraction of sp³-hybridized carbons (Fsp3) is 0.440. The molecule has 6 heteroatoms. The number of hydrogen-bond donors (Lipinski definition) is 1. The van der Waals surface area contributed by atoms with Crippen LogP contribution in [0.15, 0.2) is 48.5 Å². The van der Waals surface area contributed by atoms with E-state index in [0.717, 1.165) is 67.5 Å². The standard InChI is InChI=1S/C25H32N4O2/c1-30-18-19-8-7-15-29(16-19)17-24-27-22-11-5-4-10-21(22)25(28-24)26-14-13-20-9-3-6-12-23(20)31-2/h3-6,9-12,19H,7-8,13-18H2,1-2H3,(H,26,27,28). The Bertz CT molecular complexity index is 992. The van der Waals surface area contributed by atoms with Crippen molar-refractivity contribution in [3.63, 3.8) is 0 Å². The van der Waals surface area contributed by atoms with Crippen LogP contribution in [-0.2, 0) is 17.7 Å². The van der Waals surface area contributed by atoms with E-state index in [4.69, 9.17) is 19.4 Å². The molecule has 1 atom stereocenters. The number of fused-ring (bicyclic) bond motifs is 1. The van der Waals surface area contributed by atoms with Gasteiger partial charge >= 0.3 is 0 Å². The second-order valence-electron chi connectivity index (χ2n) is 8.19. The lowest BCUT2D eigenvalue weighted by molar-refractivity contribution is 0.0862. The van der Waals surface area contributed by atoms with Gasteiger partial charge in [-0.2, -0.15) is 0 Å². The molecule has 31 heavy (non-hydrogen) atoms. The molecule has 1 aliphatic rings. The summed E-state index contributed by atoms with van der Waals surface area (Å²) in [5.74, 6) is 3.29. The van der Waals surface area contributed by atoms with Crippen molar-refractivity contribution < 1.29 is 9.47 Å². The summed E-state index contributed by atoms with van der Waals surface area (Å²) in [4.78, 5) is 12.2. The number of benzene rings is 2. The lowest BCUT2D eigenvalue weighted by atomic mass is 9.99.